The fraction of sp³-hybridized carbons (Fsp3) is 0.105. The molecule has 154 valence electrons. The number of nitrogens with two attached hydrogens (primary N) is 2. The number of carbonyl (C=O) groups excluding carboxylic acids is 1. The van der Waals surface area contributed by atoms with Gasteiger partial charge in [-0.15, -0.1) is 11.3 Å². The Kier molecular flexibility index (Phi) is 5.92. The number of pyridine rings is 1. The molecule has 1 amide bonds. The molecule has 0 atom stereocenters. The molecule has 0 saturated heterocycles. The highest BCUT2D eigenvalue weighted by Gasteiger charge is 2.35. The van der Waals surface area contributed by atoms with Crippen molar-refractivity contribution < 1.29 is 23.4 Å². The van der Waals surface area contributed by atoms with Crippen LogP contribution in [0.15, 0.2) is 47.6 Å². The van der Waals surface area contributed by atoms with Gasteiger partial charge in [-0.2, -0.15) is 13.2 Å². The summed E-state index contributed by atoms with van der Waals surface area (Å²) in [7, 11) is 0. The number of benzene rings is 1. The number of alkyl halides is 3. The van der Waals surface area contributed by atoms with Gasteiger partial charge >= 0.3 is 6.18 Å². The van der Waals surface area contributed by atoms with Crippen molar-refractivity contribution in [2.75, 3.05) is 5.32 Å². The van der Waals surface area contributed by atoms with Gasteiger partial charge in [0.2, 0.25) is 5.91 Å². The summed E-state index contributed by atoms with van der Waals surface area (Å²) in [6, 6.07) is 8.26. The minimum atomic E-state index is -4.58. The van der Waals surface area contributed by atoms with Crippen LogP contribution in [0.1, 0.15) is 17.4 Å². The molecule has 0 aliphatic heterocycles. The lowest BCUT2D eigenvalue weighted by atomic mass is 10.0. The molecular weight excluding hydrogens is 417 g/mol. The zero-order chi connectivity index (χ0) is 21.9. The van der Waals surface area contributed by atoms with Crippen molar-refractivity contribution in [1.29, 1.82) is 0 Å². The Hall–Kier alpha value is -3.60. The predicted octanol–water partition coefficient (Wildman–Crippen LogP) is 2.34. The molecule has 0 bridgehead atoms. The van der Waals surface area contributed by atoms with E-state index in [4.69, 9.17) is 11.1 Å². The summed E-state index contributed by atoms with van der Waals surface area (Å²) < 4.78 is 40.7. The van der Waals surface area contributed by atoms with Crippen LogP contribution < -0.4 is 16.5 Å². The minimum Gasteiger partial charge on any atom is -0.362 e. The van der Waals surface area contributed by atoms with E-state index in [0.717, 1.165) is 23.7 Å². The molecule has 0 aliphatic rings. The van der Waals surface area contributed by atoms with E-state index in [0.29, 0.717) is 10.6 Å². The van der Waals surface area contributed by atoms with E-state index in [-0.39, 0.29) is 33.7 Å². The van der Waals surface area contributed by atoms with Gasteiger partial charge in [0.25, 0.3) is 12.2 Å². The fourth-order valence-corrected chi connectivity index (χ4v) is 3.67. The molecule has 0 fully saturated rings. The number of thiazole rings is 1. The van der Waals surface area contributed by atoms with Gasteiger partial charge in [0.15, 0.2) is 0 Å². The number of rotatable bonds is 5. The van der Waals surface area contributed by atoms with Crippen LogP contribution in [-0.4, -0.2) is 28.0 Å². The van der Waals surface area contributed by atoms with Crippen molar-refractivity contribution in [3.05, 3.63) is 53.0 Å². The third-order valence-electron chi connectivity index (χ3n) is 3.87. The van der Waals surface area contributed by atoms with Gasteiger partial charge < -0.3 is 11.1 Å². The van der Waals surface area contributed by atoms with E-state index in [1.54, 1.807) is 12.1 Å². The highest BCUT2D eigenvalue weighted by atomic mass is 32.1. The maximum atomic E-state index is 13.6. The lowest BCUT2D eigenvalue weighted by molar-refractivity contribution is -0.137. The Bertz CT molecular complexity index is 1140. The van der Waals surface area contributed by atoms with Crippen molar-refractivity contribution in [2.45, 2.75) is 13.1 Å². The van der Waals surface area contributed by atoms with Crippen molar-refractivity contribution >= 4 is 35.2 Å². The molecule has 2 heterocycles. The van der Waals surface area contributed by atoms with E-state index >= 15 is 0 Å². The molecule has 3 rings (SSSR count). The molecular formula is C19H16F3N6OS+. The van der Waals surface area contributed by atoms with E-state index in [1.807, 2.05) is 0 Å². The number of aliphatic imine (C=N–C) groups is 1. The van der Waals surface area contributed by atoms with E-state index in [2.05, 4.69) is 20.3 Å². The summed E-state index contributed by atoms with van der Waals surface area (Å²) in [5, 5.41) is 8.23. The van der Waals surface area contributed by atoms with Crippen molar-refractivity contribution in [1.82, 2.24) is 9.97 Å². The second-order valence-corrected chi connectivity index (χ2v) is 7.01. The van der Waals surface area contributed by atoms with Crippen molar-refractivity contribution in [2.24, 2.45) is 10.7 Å². The Labute approximate surface area is 173 Å². The number of aromatic nitrogens is 2. The number of nitrogens with zero attached hydrogens (tertiary/aromatic N) is 3. The first-order valence-electron chi connectivity index (χ1n) is 8.49. The van der Waals surface area contributed by atoms with Gasteiger partial charge in [-0.3, -0.25) is 10.2 Å². The number of hydrogen-bond donors (Lipinski definition) is 3. The minimum absolute atomic E-state index is 0.0314. The molecule has 5 N–H and O–H groups in total. The molecule has 30 heavy (non-hydrogen) atoms. The van der Waals surface area contributed by atoms with Gasteiger partial charge in [-0.25, -0.2) is 9.97 Å². The first kappa shape index (κ1) is 21.1. The number of hydrogen-bond acceptors (Lipinski definition) is 4. The molecule has 11 heteroatoms. The third-order valence-corrected chi connectivity index (χ3v) is 5.00. The zero-order valence-electron chi connectivity index (χ0n) is 15.6. The zero-order valence-corrected chi connectivity index (χ0v) is 16.4. The number of halogens is 3. The van der Waals surface area contributed by atoms with Crippen molar-refractivity contribution in [3.63, 3.8) is 0 Å². The number of amidine groups is 1. The van der Waals surface area contributed by atoms with E-state index < -0.39 is 11.7 Å². The molecule has 2 aromatic heterocycles. The lowest BCUT2D eigenvalue weighted by Crippen LogP contribution is -2.30. The van der Waals surface area contributed by atoms with Crippen LogP contribution in [0.2, 0.25) is 0 Å². The van der Waals surface area contributed by atoms with Crippen molar-refractivity contribution in [3.8, 4) is 21.8 Å². The maximum Gasteiger partial charge on any atom is 0.417 e. The molecule has 0 saturated carbocycles. The monoisotopic (exact) mass is 433 g/mol. The first-order valence-corrected chi connectivity index (χ1v) is 9.31. The summed E-state index contributed by atoms with van der Waals surface area (Å²) in [5.74, 6) is -0.0931. The number of anilines is 1. The van der Waals surface area contributed by atoms with E-state index in [9.17, 15) is 18.0 Å². The van der Waals surface area contributed by atoms with Gasteiger partial charge in [-0.05, 0) is 23.2 Å². The molecule has 3 aromatic rings. The highest BCUT2D eigenvalue weighted by molar-refractivity contribution is 7.17. The van der Waals surface area contributed by atoms with Gasteiger partial charge in [0, 0.05) is 24.2 Å². The molecule has 0 unspecified atom stereocenters. The predicted molar refractivity (Wildman–Crippen MR) is 109 cm³/mol. The van der Waals surface area contributed by atoms with Crippen LogP contribution in [-0.2, 0) is 11.0 Å². The standard InChI is InChI=1S/C19H15F3N6OS/c1-10(29)27-14-8-11(6-7-25-14)18-28-15(16(30-18)17(24)26-9-23)12-4-2-3-5-13(12)19(20,21)22/h2-9H,1H3,(H3,23,24,26)(H,25,27,29)/p+1. The van der Waals surface area contributed by atoms with Crippen LogP contribution in [0.4, 0.5) is 19.0 Å². The Morgan fingerprint density at radius 3 is 2.70 bits per heavy atom. The quantitative estimate of drug-likeness (QED) is 0.423. The highest BCUT2D eigenvalue weighted by Crippen LogP contribution is 2.40. The first-order chi connectivity index (χ1) is 14.2. The number of carbonyl (C=O) groups is 1. The normalized spacial score (nSPS) is 11.9. The van der Waals surface area contributed by atoms with E-state index in [1.165, 1.54) is 31.3 Å². The van der Waals surface area contributed by atoms with Crippen LogP contribution in [0.25, 0.3) is 21.8 Å². The van der Waals surface area contributed by atoms with Gasteiger partial charge in [-0.1, -0.05) is 18.2 Å². The molecule has 1 aromatic carbocycles. The van der Waals surface area contributed by atoms with Gasteiger partial charge in [0.05, 0.1) is 11.3 Å². The second-order valence-electron chi connectivity index (χ2n) is 6.01. The Morgan fingerprint density at radius 1 is 1.30 bits per heavy atom. The Morgan fingerprint density at radius 2 is 2.03 bits per heavy atom. The van der Waals surface area contributed by atoms with Gasteiger partial charge in [0.1, 0.15) is 15.7 Å². The largest absolute Gasteiger partial charge is 0.417 e. The lowest BCUT2D eigenvalue weighted by Gasteiger charge is -2.11. The summed E-state index contributed by atoms with van der Waals surface area (Å²) in [5.41, 5.74) is 5.55. The smallest absolute Gasteiger partial charge is 0.362 e. The second kappa shape index (κ2) is 8.41. The number of amides is 1. The van der Waals surface area contributed by atoms with Crippen LogP contribution in [0.5, 0.6) is 0 Å². The summed E-state index contributed by atoms with van der Waals surface area (Å²) in [6.45, 7) is 1.34. The molecule has 7 nitrogen and oxygen atoms in total. The maximum absolute atomic E-state index is 13.6. The molecule has 0 aliphatic carbocycles. The molecule has 0 spiro atoms. The Balaban J connectivity index is 2.21. The average Bonchev–Trinajstić information content (AvgIpc) is 3.13. The average molecular weight is 433 g/mol. The van der Waals surface area contributed by atoms with Crippen LogP contribution in [0, 0.1) is 0 Å². The SMILES string of the molecule is CC(=O)Nc1cc(-c2nc(-c3ccccc3C(F)(F)F)c(C(N)=NC=[NH2+])s2)ccn1. The summed E-state index contributed by atoms with van der Waals surface area (Å²) >= 11 is 1.05. The summed E-state index contributed by atoms with van der Waals surface area (Å²) in [4.78, 5) is 23.8. The third kappa shape index (κ3) is 4.51. The summed E-state index contributed by atoms with van der Waals surface area (Å²) in [6.07, 6.45) is -2.18. The van der Waals surface area contributed by atoms with Crippen LogP contribution >= 0.6 is 11.3 Å². The number of nitrogens with one attached hydrogen (secondary N) is 1. The topological polar surface area (TPSA) is 119 Å². The van der Waals surface area contributed by atoms with Crippen LogP contribution in [0.3, 0.4) is 0 Å². The molecule has 0 radical (unpaired) electrons. The fourth-order valence-electron chi connectivity index (χ4n) is 2.69.